The van der Waals surface area contributed by atoms with Crippen molar-refractivity contribution in [1.82, 2.24) is 15.1 Å². The summed E-state index contributed by atoms with van der Waals surface area (Å²) in [5, 5.41) is 11.9. The van der Waals surface area contributed by atoms with E-state index >= 15 is 0 Å². The van der Waals surface area contributed by atoms with Crippen LogP contribution in [0.5, 0.6) is 0 Å². The third kappa shape index (κ3) is 4.82. The first-order chi connectivity index (χ1) is 14.7. The number of benzene rings is 2. The number of carbonyl (C=O) groups is 2. The summed E-state index contributed by atoms with van der Waals surface area (Å²) in [6.07, 6.45) is 3.66. The second-order valence-electron chi connectivity index (χ2n) is 6.66. The van der Waals surface area contributed by atoms with Crippen molar-refractivity contribution in [3.8, 4) is 0 Å². The van der Waals surface area contributed by atoms with Gasteiger partial charge in [-0.15, -0.1) is 11.3 Å². The van der Waals surface area contributed by atoms with E-state index in [9.17, 15) is 9.59 Å². The Morgan fingerprint density at radius 1 is 0.900 bits per heavy atom. The van der Waals surface area contributed by atoms with Gasteiger partial charge in [0.15, 0.2) is 0 Å². The molecule has 0 aliphatic heterocycles. The second kappa shape index (κ2) is 9.19. The fourth-order valence-electron chi connectivity index (χ4n) is 3.04. The molecule has 0 saturated carbocycles. The standard InChI is InChI=1S/C23H20N4O2S/c28-22(17-8-10-20(11-9-17)26-23(29)21-7-3-14-30-21)24-15-18-5-1-2-6-19(18)16-27-13-4-12-25-27/h1-14H,15-16H2,(H,24,28)(H,26,29). The van der Waals surface area contributed by atoms with Gasteiger partial charge in [-0.1, -0.05) is 30.3 Å². The number of hydrogen-bond acceptors (Lipinski definition) is 4. The fourth-order valence-corrected chi connectivity index (χ4v) is 3.65. The Labute approximate surface area is 178 Å². The average molecular weight is 417 g/mol. The predicted molar refractivity (Wildman–Crippen MR) is 118 cm³/mol. The number of amides is 2. The summed E-state index contributed by atoms with van der Waals surface area (Å²) in [6.45, 7) is 1.07. The minimum absolute atomic E-state index is 0.156. The maximum atomic E-state index is 12.6. The van der Waals surface area contributed by atoms with Gasteiger partial charge in [0.1, 0.15) is 0 Å². The normalized spacial score (nSPS) is 10.5. The average Bonchev–Trinajstić information content (AvgIpc) is 3.48. The largest absolute Gasteiger partial charge is 0.348 e. The lowest BCUT2D eigenvalue weighted by atomic mass is 10.1. The van der Waals surface area contributed by atoms with Crippen LogP contribution >= 0.6 is 11.3 Å². The lowest BCUT2D eigenvalue weighted by molar-refractivity contribution is 0.0950. The first-order valence-corrected chi connectivity index (χ1v) is 10.3. The van der Waals surface area contributed by atoms with Crippen LogP contribution in [0.1, 0.15) is 31.2 Å². The minimum atomic E-state index is -0.167. The number of nitrogens with zero attached hydrogens (tertiary/aromatic N) is 2. The zero-order chi connectivity index (χ0) is 20.8. The molecule has 0 atom stereocenters. The molecule has 2 N–H and O–H groups in total. The number of thiophene rings is 1. The lowest BCUT2D eigenvalue weighted by Crippen LogP contribution is -2.23. The predicted octanol–water partition coefficient (Wildman–Crippen LogP) is 4.18. The minimum Gasteiger partial charge on any atom is -0.348 e. The Hall–Kier alpha value is -3.71. The highest BCUT2D eigenvalue weighted by Gasteiger charge is 2.10. The highest BCUT2D eigenvalue weighted by Crippen LogP contribution is 2.15. The van der Waals surface area contributed by atoms with Gasteiger partial charge in [0, 0.05) is 30.2 Å². The molecular formula is C23H20N4O2S. The molecule has 0 bridgehead atoms. The molecule has 0 aliphatic carbocycles. The van der Waals surface area contributed by atoms with E-state index < -0.39 is 0 Å². The van der Waals surface area contributed by atoms with Crippen LogP contribution in [0.15, 0.2) is 84.5 Å². The molecule has 0 fully saturated rings. The number of nitrogens with one attached hydrogen (secondary N) is 2. The lowest BCUT2D eigenvalue weighted by Gasteiger charge is -2.11. The van der Waals surface area contributed by atoms with Crippen LogP contribution in [0.25, 0.3) is 0 Å². The van der Waals surface area contributed by atoms with Gasteiger partial charge in [-0.3, -0.25) is 14.3 Å². The maximum Gasteiger partial charge on any atom is 0.265 e. The van der Waals surface area contributed by atoms with E-state index in [0.29, 0.717) is 29.2 Å². The van der Waals surface area contributed by atoms with Crippen LogP contribution in [-0.4, -0.2) is 21.6 Å². The van der Waals surface area contributed by atoms with Crippen molar-refractivity contribution in [1.29, 1.82) is 0 Å². The second-order valence-corrected chi connectivity index (χ2v) is 7.61. The summed E-state index contributed by atoms with van der Waals surface area (Å²) in [4.78, 5) is 25.3. The van der Waals surface area contributed by atoms with Gasteiger partial charge in [0.05, 0.1) is 11.4 Å². The third-order valence-corrected chi connectivity index (χ3v) is 5.47. The number of anilines is 1. The smallest absolute Gasteiger partial charge is 0.265 e. The Morgan fingerprint density at radius 3 is 2.40 bits per heavy atom. The van der Waals surface area contributed by atoms with Gasteiger partial charge in [-0.2, -0.15) is 5.10 Å². The van der Waals surface area contributed by atoms with Gasteiger partial charge in [-0.05, 0) is 52.9 Å². The molecule has 150 valence electrons. The molecule has 6 nitrogen and oxygen atoms in total. The number of rotatable bonds is 7. The van der Waals surface area contributed by atoms with Crippen molar-refractivity contribution >= 4 is 28.8 Å². The van der Waals surface area contributed by atoms with Gasteiger partial charge >= 0.3 is 0 Å². The number of carbonyl (C=O) groups excluding carboxylic acids is 2. The van der Waals surface area contributed by atoms with E-state index in [1.165, 1.54) is 11.3 Å². The van der Waals surface area contributed by atoms with Gasteiger partial charge in [0.2, 0.25) is 0 Å². The molecule has 7 heteroatoms. The molecule has 0 radical (unpaired) electrons. The van der Waals surface area contributed by atoms with Crippen molar-refractivity contribution in [2.24, 2.45) is 0 Å². The number of hydrogen-bond donors (Lipinski definition) is 2. The third-order valence-electron chi connectivity index (χ3n) is 4.60. The van der Waals surface area contributed by atoms with Gasteiger partial charge < -0.3 is 10.6 Å². The van der Waals surface area contributed by atoms with E-state index in [2.05, 4.69) is 15.7 Å². The Morgan fingerprint density at radius 2 is 1.70 bits per heavy atom. The van der Waals surface area contributed by atoms with Crippen molar-refractivity contribution in [2.45, 2.75) is 13.1 Å². The van der Waals surface area contributed by atoms with Crippen LogP contribution in [0.4, 0.5) is 5.69 Å². The first-order valence-electron chi connectivity index (χ1n) is 9.46. The fraction of sp³-hybridized carbons (Fsp3) is 0.0870. The molecular weight excluding hydrogens is 396 g/mol. The summed E-state index contributed by atoms with van der Waals surface area (Å²) < 4.78 is 1.85. The first kappa shape index (κ1) is 19.6. The van der Waals surface area contributed by atoms with Crippen molar-refractivity contribution in [2.75, 3.05) is 5.32 Å². The zero-order valence-electron chi connectivity index (χ0n) is 16.1. The highest BCUT2D eigenvalue weighted by atomic mass is 32.1. The maximum absolute atomic E-state index is 12.6. The molecule has 0 unspecified atom stereocenters. The molecule has 0 aliphatic rings. The van der Waals surface area contributed by atoms with E-state index in [4.69, 9.17) is 0 Å². The molecule has 4 aromatic rings. The van der Waals surface area contributed by atoms with Crippen LogP contribution in [0.3, 0.4) is 0 Å². The van der Waals surface area contributed by atoms with Gasteiger partial charge in [0.25, 0.3) is 11.8 Å². The van der Waals surface area contributed by atoms with Crippen LogP contribution in [0, 0.1) is 0 Å². The monoisotopic (exact) mass is 416 g/mol. The van der Waals surface area contributed by atoms with Crippen LogP contribution < -0.4 is 10.6 Å². The SMILES string of the molecule is O=C(NCc1ccccc1Cn1cccn1)c1ccc(NC(=O)c2cccs2)cc1. The Kier molecular flexibility index (Phi) is 6.01. The summed E-state index contributed by atoms with van der Waals surface area (Å²) in [7, 11) is 0. The molecule has 2 heterocycles. The summed E-state index contributed by atoms with van der Waals surface area (Å²) >= 11 is 1.38. The Balaban J connectivity index is 1.36. The topological polar surface area (TPSA) is 76.0 Å². The summed E-state index contributed by atoms with van der Waals surface area (Å²) in [6, 6.07) is 20.3. The molecule has 0 spiro atoms. The quantitative estimate of drug-likeness (QED) is 0.475. The van der Waals surface area contributed by atoms with Crippen molar-refractivity contribution in [3.05, 3.63) is 106 Å². The van der Waals surface area contributed by atoms with Crippen LogP contribution in [-0.2, 0) is 13.1 Å². The molecule has 30 heavy (non-hydrogen) atoms. The Bertz CT molecular complexity index is 1120. The molecule has 2 amide bonds. The van der Waals surface area contributed by atoms with E-state index in [1.54, 1.807) is 36.5 Å². The van der Waals surface area contributed by atoms with E-state index in [1.807, 2.05) is 52.7 Å². The number of aromatic nitrogens is 2. The summed E-state index contributed by atoms with van der Waals surface area (Å²) in [5.41, 5.74) is 3.33. The zero-order valence-corrected chi connectivity index (χ0v) is 16.9. The molecule has 2 aromatic heterocycles. The molecule has 0 saturated heterocycles. The van der Waals surface area contributed by atoms with Crippen molar-refractivity contribution in [3.63, 3.8) is 0 Å². The molecule has 2 aromatic carbocycles. The highest BCUT2D eigenvalue weighted by molar-refractivity contribution is 7.12. The van der Waals surface area contributed by atoms with Crippen molar-refractivity contribution < 1.29 is 9.59 Å². The van der Waals surface area contributed by atoms with E-state index in [-0.39, 0.29) is 11.8 Å². The molecule has 4 rings (SSSR count). The summed E-state index contributed by atoms with van der Waals surface area (Å²) in [5.74, 6) is -0.323. The van der Waals surface area contributed by atoms with E-state index in [0.717, 1.165) is 11.1 Å². The van der Waals surface area contributed by atoms with Gasteiger partial charge in [-0.25, -0.2) is 0 Å². The van der Waals surface area contributed by atoms with Crippen LogP contribution in [0.2, 0.25) is 0 Å².